The van der Waals surface area contributed by atoms with E-state index in [0.717, 1.165) is 12.8 Å². The summed E-state index contributed by atoms with van der Waals surface area (Å²) in [5.74, 6) is -1.42. The van der Waals surface area contributed by atoms with Gasteiger partial charge >= 0.3 is 0 Å². The van der Waals surface area contributed by atoms with Crippen molar-refractivity contribution in [3.8, 4) is 0 Å². The molecule has 0 saturated carbocycles. The third-order valence-corrected chi connectivity index (χ3v) is 4.51. The lowest BCUT2D eigenvalue weighted by Gasteiger charge is -2.35. The Labute approximate surface area is 122 Å². The van der Waals surface area contributed by atoms with E-state index in [1.807, 2.05) is 6.08 Å². The fourth-order valence-corrected chi connectivity index (χ4v) is 3.42. The van der Waals surface area contributed by atoms with Crippen LogP contribution in [0.5, 0.6) is 0 Å². The largest absolute Gasteiger partial charge is 0.346 e. The zero-order valence-electron chi connectivity index (χ0n) is 11.8. The van der Waals surface area contributed by atoms with Crippen LogP contribution in [0.3, 0.4) is 0 Å². The van der Waals surface area contributed by atoms with Crippen LogP contribution in [0.4, 0.5) is 10.1 Å². The average Bonchev–Trinajstić information content (AvgIpc) is 2.94. The first-order valence-corrected chi connectivity index (χ1v) is 7.19. The number of amides is 1. The molecule has 2 atom stereocenters. The predicted molar refractivity (Wildman–Crippen MR) is 74.2 cm³/mol. The van der Waals surface area contributed by atoms with Crippen molar-refractivity contribution in [3.05, 3.63) is 41.7 Å². The van der Waals surface area contributed by atoms with Gasteiger partial charge in [-0.2, -0.15) is 0 Å². The minimum absolute atomic E-state index is 0.203. The highest BCUT2D eigenvalue weighted by Crippen LogP contribution is 2.51. The third-order valence-electron chi connectivity index (χ3n) is 4.51. The normalized spacial score (nSPS) is 34.2. The number of rotatable bonds is 0. The lowest BCUT2D eigenvalue weighted by atomic mass is 9.95. The lowest BCUT2D eigenvalue weighted by Crippen LogP contribution is -2.44. The van der Waals surface area contributed by atoms with Crippen LogP contribution in [-0.4, -0.2) is 25.3 Å². The predicted octanol–water partition coefficient (Wildman–Crippen LogP) is 2.48. The van der Waals surface area contributed by atoms with Crippen molar-refractivity contribution in [1.29, 1.82) is 0 Å². The van der Waals surface area contributed by atoms with Gasteiger partial charge in [0.1, 0.15) is 5.82 Å². The number of carbonyl (C=O) groups excluding carboxylic acids is 1. The summed E-state index contributed by atoms with van der Waals surface area (Å²) < 4.78 is 25.5. The summed E-state index contributed by atoms with van der Waals surface area (Å²) in [7, 11) is 1.68. The molecule has 21 heavy (non-hydrogen) atoms. The second-order valence-corrected chi connectivity index (χ2v) is 5.81. The van der Waals surface area contributed by atoms with Crippen LogP contribution >= 0.6 is 0 Å². The van der Waals surface area contributed by atoms with Gasteiger partial charge in [-0.3, -0.25) is 4.79 Å². The second kappa shape index (κ2) is 4.15. The molecule has 1 amide bonds. The Hall–Kier alpha value is -1.72. The molecule has 1 aromatic carbocycles. The first-order chi connectivity index (χ1) is 10.1. The molecule has 0 aliphatic carbocycles. The highest BCUT2D eigenvalue weighted by atomic mass is 19.1. The van der Waals surface area contributed by atoms with Gasteiger partial charge in [-0.25, -0.2) is 4.39 Å². The molecule has 1 aromatic rings. The van der Waals surface area contributed by atoms with E-state index < -0.39 is 11.4 Å². The molecular weight excluding hydrogens is 273 g/mol. The monoisotopic (exact) mass is 289 g/mol. The van der Waals surface area contributed by atoms with Crippen LogP contribution in [0.15, 0.2) is 30.4 Å². The SMILES string of the molecule is CN1C(=O)C2(C=CC3(CCCCO3)O2)c2cc(F)ccc21. The zero-order valence-corrected chi connectivity index (χ0v) is 11.8. The Morgan fingerprint density at radius 1 is 1.29 bits per heavy atom. The van der Waals surface area contributed by atoms with Crippen molar-refractivity contribution in [2.45, 2.75) is 30.7 Å². The fourth-order valence-electron chi connectivity index (χ4n) is 3.42. The summed E-state index contributed by atoms with van der Waals surface area (Å²) in [6, 6.07) is 4.34. The van der Waals surface area contributed by atoms with Crippen LogP contribution in [0, 0.1) is 5.82 Å². The summed E-state index contributed by atoms with van der Waals surface area (Å²) in [6.45, 7) is 0.612. The number of halogens is 1. The fraction of sp³-hybridized carbons (Fsp3) is 0.438. The van der Waals surface area contributed by atoms with E-state index in [4.69, 9.17) is 9.47 Å². The molecule has 110 valence electrons. The maximum absolute atomic E-state index is 13.6. The van der Waals surface area contributed by atoms with Gasteiger partial charge in [-0.1, -0.05) is 0 Å². The number of benzene rings is 1. The molecule has 4 nitrogen and oxygen atoms in total. The lowest BCUT2D eigenvalue weighted by molar-refractivity contribution is -0.249. The van der Waals surface area contributed by atoms with Gasteiger partial charge in [-0.15, -0.1) is 0 Å². The Kier molecular flexibility index (Phi) is 2.56. The number of ether oxygens (including phenoxy) is 2. The molecule has 1 fully saturated rings. The van der Waals surface area contributed by atoms with Crippen molar-refractivity contribution >= 4 is 11.6 Å². The third kappa shape index (κ3) is 1.64. The molecule has 0 aromatic heterocycles. The minimum atomic E-state index is -1.25. The van der Waals surface area contributed by atoms with Gasteiger partial charge in [0.15, 0.2) is 11.4 Å². The van der Waals surface area contributed by atoms with Crippen LogP contribution in [0.2, 0.25) is 0 Å². The molecule has 2 unspecified atom stereocenters. The number of hydrogen-bond donors (Lipinski definition) is 0. The molecule has 2 spiro atoms. The van der Waals surface area contributed by atoms with E-state index in [1.165, 1.54) is 17.0 Å². The van der Waals surface area contributed by atoms with Crippen LogP contribution in [0.25, 0.3) is 0 Å². The summed E-state index contributed by atoms with van der Waals surface area (Å²) in [5.41, 5.74) is -0.0139. The van der Waals surface area contributed by atoms with Gasteiger partial charge in [0.05, 0.1) is 12.3 Å². The van der Waals surface area contributed by atoms with Gasteiger partial charge in [0.2, 0.25) is 0 Å². The molecular formula is C16H16FNO3. The van der Waals surface area contributed by atoms with Gasteiger partial charge in [-0.05, 0) is 43.2 Å². The standard InChI is InChI=1S/C16H16FNO3/c1-18-13-5-4-11(17)10-12(13)16(14(18)19)8-7-15(21-16)6-2-3-9-20-15/h4-5,7-8,10H,2-3,6,9H2,1H3. The van der Waals surface area contributed by atoms with E-state index in [-0.39, 0.29) is 11.7 Å². The number of anilines is 1. The van der Waals surface area contributed by atoms with Crippen molar-refractivity contribution in [1.82, 2.24) is 0 Å². The summed E-state index contributed by atoms with van der Waals surface area (Å²) >= 11 is 0. The Balaban J connectivity index is 1.81. The Bertz CT molecular complexity index is 651. The maximum atomic E-state index is 13.6. The first-order valence-electron chi connectivity index (χ1n) is 7.19. The number of fused-ring (bicyclic) bond motifs is 2. The second-order valence-electron chi connectivity index (χ2n) is 5.81. The van der Waals surface area contributed by atoms with Crippen LogP contribution < -0.4 is 4.90 Å². The first kappa shape index (κ1) is 13.0. The van der Waals surface area contributed by atoms with Crippen LogP contribution in [-0.2, 0) is 19.9 Å². The van der Waals surface area contributed by atoms with Crippen molar-refractivity contribution in [2.24, 2.45) is 0 Å². The highest BCUT2D eigenvalue weighted by Gasteiger charge is 2.57. The minimum Gasteiger partial charge on any atom is -0.346 e. The van der Waals surface area contributed by atoms with E-state index in [1.54, 1.807) is 19.2 Å². The quantitative estimate of drug-likeness (QED) is 0.689. The van der Waals surface area contributed by atoms with Gasteiger partial charge in [0.25, 0.3) is 5.91 Å². The van der Waals surface area contributed by atoms with Crippen molar-refractivity contribution in [3.63, 3.8) is 0 Å². The maximum Gasteiger partial charge on any atom is 0.267 e. The summed E-state index contributed by atoms with van der Waals surface area (Å²) in [4.78, 5) is 14.2. The average molecular weight is 289 g/mol. The molecule has 0 bridgehead atoms. The van der Waals surface area contributed by atoms with Crippen molar-refractivity contribution in [2.75, 3.05) is 18.6 Å². The molecule has 4 rings (SSSR count). The zero-order chi connectivity index (χ0) is 14.7. The molecule has 3 heterocycles. The number of nitrogens with zero attached hydrogens (tertiary/aromatic N) is 1. The summed E-state index contributed by atoms with van der Waals surface area (Å²) in [5, 5.41) is 0. The van der Waals surface area contributed by atoms with Gasteiger partial charge in [0, 0.05) is 19.0 Å². The smallest absolute Gasteiger partial charge is 0.267 e. The van der Waals surface area contributed by atoms with Crippen LogP contribution in [0.1, 0.15) is 24.8 Å². The van der Waals surface area contributed by atoms with E-state index in [0.29, 0.717) is 24.3 Å². The Morgan fingerprint density at radius 2 is 2.14 bits per heavy atom. The molecule has 5 heteroatoms. The number of hydrogen-bond acceptors (Lipinski definition) is 3. The topological polar surface area (TPSA) is 38.8 Å². The van der Waals surface area contributed by atoms with Gasteiger partial charge < -0.3 is 14.4 Å². The van der Waals surface area contributed by atoms with E-state index >= 15 is 0 Å². The Morgan fingerprint density at radius 3 is 2.90 bits per heavy atom. The molecule has 0 N–H and O–H groups in total. The molecule has 0 radical (unpaired) electrons. The molecule has 1 saturated heterocycles. The van der Waals surface area contributed by atoms with Crippen molar-refractivity contribution < 1.29 is 18.7 Å². The summed E-state index contributed by atoms with van der Waals surface area (Å²) in [6.07, 6.45) is 6.23. The molecule has 3 aliphatic rings. The molecule has 3 aliphatic heterocycles. The van der Waals surface area contributed by atoms with E-state index in [9.17, 15) is 9.18 Å². The number of carbonyl (C=O) groups is 1. The highest BCUT2D eigenvalue weighted by molar-refractivity contribution is 6.08. The number of likely N-dealkylation sites (N-methyl/N-ethyl adjacent to an activating group) is 1. The van der Waals surface area contributed by atoms with E-state index in [2.05, 4.69) is 0 Å².